The number of ether oxygens (including phenoxy) is 1. The van der Waals surface area contributed by atoms with Crippen LogP contribution in [0.1, 0.15) is 25.3 Å². The quantitative estimate of drug-likeness (QED) is 0.656. The minimum absolute atomic E-state index is 0.00509. The molecule has 2 rings (SSSR count). The van der Waals surface area contributed by atoms with E-state index in [2.05, 4.69) is 9.73 Å². The van der Waals surface area contributed by atoms with Crippen LogP contribution in [0.5, 0.6) is 5.75 Å². The highest BCUT2D eigenvalue weighted by atomic mass is 19.3. The standard InChI is InChI=1S/C15H14F2N2O5/c1-7-11(14(20)21)12(13(19(22)23)8(2)18-7)9-5-3-4-6-10(9)24-15(16)17/h3-6,12-13,15H,1-2H3,(H,20,21). The van der Waals surface area contributed by atoms with Crippen LogP contribution in [0.25, 0.3) is 0 Å². The van der Waals surface area contributed by atoms with Gasteiger partial charge >= 0.3 is 12.6 Å². The molecule has 128 valence electrons. The smallest absolute Gasteiger partial charge is 0.387 e. The van der Waals surface area contributed by atoms with Gasteiger partial charge in [-0.3, -0.25) is 15.1 Å². The number of benzene rings is 1. The summed E-state index contributed by atoms with van der Waals surface area (Å²) in [7, 11) is 0. The van der Waals surface area contributed by atoms with E-state index >= 15 is 0 Å². The van der Waals surface area contributed by atoms with Crippen molar-refractivity contribution in [2.45, 2.75) is 32.4 Å². The van der Waals surface area contributed by atoms with E-state index in [1.165, 1.54) is 38.1 Å². The Morgan fingerprint density at radius 2 is 2.00 bits per heavy atom. The molecule has 0 radical (unpaired) electrons. The summed E-state index contributed by atoms with van der Waals surface area (Å²) in [4.78, 5) is 26.4. The van der Waals surface area contributed by atoms with Crippen molar-refractivity contribution in [1.82, 2.24) is 0 Å². The van der Waals surface area contributed by atoms with Gasteiger partial charge in [0.15, 0.2) is 0 Å². The third-order valence-electron chi connectivity index (χ3n) is 3.72. The second kappa shape index (κ2) is 6.73. The number of alkyl halides is 2. The number of hydrogen-bond acceptors (Lipinski definition) is 5. The van der Waals surface area contributed by atoms with Gasteiger partial charge in [0.2, 0.25) is 0 Å². The molecule has 0 fully saturated rings. The zero-order chi connectivity index (χ0) is 18.0. The van der Waals surface area contributed by atoms with E-state index in [1.54, 1.807) is 0 Å². The summed E-state index contributed by atoms with van der Waals surface area (Å²) < 4.78 is 29.7. The normalized spacial score (nSPS) is 20.8. The summed E-state index contributed by atoms with van der Waals surface area (Å²) in [6.07, 6.45) is 0. The first-order valence-corrected chi connectivity index (χ1v) is 6.90. The number of carboxylic acid groups (broad SMARTS) is 1. The molecule has 1 aliphatic rings. The van der Waals surface area contributed by atoms with Crippen LogP contribution in [0.3, 0.4) is 0 Å². The number of carbonyl (C=O) groups is 1. The second-order valence-corrected chi connectivity index (χ2v) is 5.18. The number of rotatable bonds is 5. The molecule has 2 atom stereocenters. The monoisotopic (exact) mass is 340 g/mol. The lowest BCUT2D eigenvalue weighted by Crippen LogP contribution is -2.39. The topological polar surface area (TPSA) is 102 Å². The fourth-order valence-corrected chi connectivity index (χ4v) is 2.84. The summed E-state index contributed by atoms with van der Waals surface area (Å²) in [5.41, 5.74) is -0.118. The molecule has 0 saturated carbocycles. The Labute approximate surface area is 135 Å². The lowest BCUT2D eigenvalue weighted by atomic mass is 9.80. The number of nitro groups is 1. The van der Waals surface area contributed by atoms with Gasteiger partial charge in [0.1, 0.15) is 5.75 Å². The maximum atomic E-state index is 12.6. The first-order chi connectivity index (χ1) is 11.2. The van der Waals surface area contributed by atoms with Crippen molar-refractivity contribution < 1.29 is 28.3 Å². The average molecular weight is 340 g/mol. The highest BCUT2D eigenvalue weighted by Crippen LogP contribution is 2.40. The summed E-state index contributed by atoms with van der Waals surface area (Å²) in [6, 6.07) is 3.97. The molecule has 0 aromatic heterocycles. The number of allylic oxidation sites excluding steroid dienone is 1. The Hall–Kier alpha value is -2.84. The van der Waals surface area contributed by atoms with Crippen LogP contribution in [0.4, 0.5) is 8.78 Å². The van der Waals surface area contributed by atoms with E-state index in [0.717, 1.165) is 0 Å². The lowest BCUT2D eigenvalue weighted by Gasteiger charge is -2.27. The maximum absolute atomic E-state index is 12.6. The Morgan fingerprint density at radius 1 is 1.38 bits per heavy atom. The van der Waals surface area contributed by atoms with Crippen LogP contribution in [-0.4, -0.2) is 34.4 Å². The van der Waals surface area contributed by atoms with Crippen molar-refractivity contribution in [3.8, 4) is 5.75 Å². The Bertz CT molecular complexity index is 745. The van der Waals surface area contributed by atoms with Gasteiger partial charge in [-0.05, 0) is 19.9 Å². The van der Waals surface area contributed by atoms with Crippen LogP contribution in [-0.2, 0) is 4.79 Å². The Kier molecular flexibility index (Phi) is 4.91. The van der Waals surface area contributed by atoms with Crippen molar-refractivity contribution in [3.63, 3.8) is 0 Å². The van der Waals surface area contributed by atoms with Gasteiger partial charge in [0, 0.05) is 16.2 Å². The van der Waals surface area contributed by atoms with Crippen molar-refractivity contribution in [2.75, 3.05) is 0 Å². The number of halogens is 2. The molecule has 2 unspecified atom stereocenters. The van der Waals surface area contributed by atoms with Crippen LogP contribution in [0, 0.1) is 10.1 Å². The van der Waals surface area contributed by atoms with Gasteiger partial charge in [-0.25, -0.2) is 4.79 Å². The highest BCUT2D eigenvalue weighted by Gasteiger charge is 2.45. The molecule has 0 spiro atoms. The van der Waals surface area contributed by atoms with Gasteiger partial charge in [-0.1, -0.05) is 18.2 Å². The highest BCUT2D eigenvalue weighted by molar-refractivity contribution is 5.97. The molecule has 1 N–H and O–H groups in total. The summed E-state index contributed by atoms with van der Waals surface area (Å²) >= 11 is 0. The van der Waals surface area contributed by atoms with E-state index < -0.39 is 29.5 Å². The molecule has 1 heterocycles. The third kappa shape index (κ3) is 3.24. The summed E-state index contributed by atoms with van der Waals surface area (Å²) in [5, 5.41) is 20.9. The van der Waals surface area contributed by atoms with Crippen LogP contribution >= 0.6 is 0 Å². The molecule has 1 aliphatic heterocycles. The van der Waals surface area contributed by atoms with Gasteiger partial charge in [-0.15, -0.1) is 0 Å². The number of carboxylic acids is 1. The van der Waals surface area contributed by atoms with Crippen LogP contribution in [0.15, 0.2) is 40.5 Å². The van der Waals surface area contributed by atoms with Gasteiger partial charge in [0.05, 0.1) is 17.2 Å². The molecule has 7 nitrogen and oxygen atoms in total. The first-order valence-electron chi connectivity index (χ1n) is 6.90. The van der Waals surface area contributed by atoms with Crippen LogP contribution < -0.4 is 4.74 Å². The van der Waals surface area contributed by atoms with E-state index in [0.29, 0.717) is 0 Å². The molecule has 0 amide bonds. The number of aliphatic carboxylic acids is 1. The molecule has 0 saturated heterocycles. The molecule has 9 heteroatoms. The summed E-state index contributed by atoms with van der Waals surface area (Å²) in [5.74, 6) is -2.98. The summed E-state index contributed by atoms with van der Waals surface area (Å²) in [6.45, 7) is -0.330. The van der Waals surface area contributed by atoms with E-state index in [1.807, 2.05) is 0 Å². The van der Waals surface area contributed by atoms with E-state index in [9.17, 15) is 28.8 Å². The van der Waals surface area contributed by atoms with Gasteiger partial charge in [-0.2, -0.15) is 8.78 Å². The molecule has 0 aliphatic carbocycles. The average Bonchev–Trinajstić information content (AvgIpc) is 2.45. The first kappa shape index (κ1) is 17.5. The van der Waals surface area contributed by atoms with Gasteiger partial charge in [0.25, 0.3) is 6.04 Å². The minimum Gasteiger partial charge on any atom is -0.478 e. The zero-order valence-electron chi connectivity index (χ0n) is 12.8. The Morgan fingerprint density at radius 3 is 2.54 bits per heavy atom. The van der Waals surface area contributed by atoms with Crippen molar-refractivity contribution in [3.05, 3.63) is 51.2 Å². The lowest BCUT2D eigenvalue weighted by molar-refractivity contribution is -0.505. The molecule has 24 heavy (non-hydrogen) atoms. The largest absolute Gasteiger partial charge is 0.478 e. The molecule has 1 aromatic carbocycles. The van der Waals surface area contributed by atoms with E-state index in [4.69, 9.17) is 0 Å². The molecular weight excluding hydrogens is 326 g/mol. The third-order valence-corrected chi connectivity index (χ3v) is 3.72. The number of para-hydroxylation sites is 1. The Balaban J connectivity index is 2.69. The fourth-order valence-electron chi connectivity index (χ4n) is 2.84. The van der Waals surface area contributed by atoms with Crippen molar-refractivity contribution in [1.29, 1.82) is 0 Å². The van der Waals surface area contributed by atoms with E-state index in [-0.39, 0.29) is 28.3 Å². The van der Waals surface area contributed by atoms with Crippen molar-refractivity contribution >= 4 is 11.7 Å². The zero-order valence-corrected chi connectivity index (χ0v) is 12.8. The molecule has 0 bridgehead atoms. The fraction of sp³-hybridized carbons (Fsp3) is 0.333. The number of hydrogen-bond donors (Lipinski definition) is 1. The predicted molar refractivity (Wildman–Crippen MR) is 80.0 cm³/mol. The SMILES string of the molecule is CC1=NC(C)=C(C(=O)O)C(c2ccccc2OC(F)F)C1[N+](=O)[O-]. The van der Waals surface area contributed by atoms with Gasteiger partial charge < -0.3 is 9.84 Å². The molecule has 1 aromatic rings. The minimum atomic E-state index is -3.14. The predicted octanol–water partition coefficient (Wildman–Crippen LogP) is 2.85. The number of aliphatic imine (C=N–C) groups is 1. The maximum Gasteiger partial charge on any atom is 0.387 e. The van der Waals surface area contributed by atoms with Crippen LogP contribution in [0.2, 0.25) is 0 Å². The second-order valence-electron chi connectivity index (χ2n) is 5.18. The molecular formula is C15H14F2N2O5. The van der Waals surface area contributed by atoms with Crippen molar-refractivity contribution in [2.24, 2.45) is 4.99 Å². The number of nitrogens with zero attached hydrogens (tertiary/aromatic N) is 2.